The maximum atomic E-state index is 2.34. The van der Waals surface area contributed by atoms with Gasteiger partial charge in [-0.3, -0.25) is 0 Å². The predicted octanol–water partition coefficient (Wildman–Crippen LogP) is 17.2. The minimum Gasteiger partial charge on any atom is -0.0622 e. The van der Waals surface area contributed by atoms with E-state index in [0.717, 1.165) is 0 Å². The molecule has 0 atom stereocenters. The fourth-order valence-corrected chi connectivity index (χ4v) is 9.12. The molecule has 11 rings (SSSR count). The Balaban J connectivity index is 0.000000581. The SMILES string of the molecule is Cc1ccc(-c2ccc(-c3cccc4c(-c5ccc(-c6ccc(-c7ccc(C)cc7)c7ccccc67)c6ccccc56)cccc34)c3ccccc23)cc1.Cc1ccccc1. The van der Waals surface area contributed by atoms with E-state index >= 15 is 0 Å². The lowest BCUT2D eigenvalue weighted by atomic mass is 9.86. The molecule has 11 aromatic carbocycles. The van der Waals surface area contributed by atoms with Crippen LogP contribution < -0.4 is 0 Å². The minimum atomic E-state index is 1.24. The van der Waals surface area contributed by atoms with E-state index in [2.05, 4.69) is 227 Å². The minimum absolute atomic E-state index is 1.24. The van der Waals surface area contributed by atoms with Gasteiger partial charge in [0.2, 0.25) is 0 Å². The number of aryl methyl sites for hydroxylation is 3. The summed E-state index contributed by atoms with van der Waals surface area (Å²) in [5.41, 5.74) is 16.4. The summed E-state index contributed by atoms with van der Waals surface area (Å²) in [6, 6.07) is 82.1. The van der Waals surface area contributed by atoms with Crippen LogP contribution in [0.15, 0.2) is 224 Å². The Labute approximate surface area is 359 Å². The maximum Gasteiger partial charge on any atom is -0.00987 e. The van der Waals surface area contributed by atoms with E-state index in [9.17, 15) is 0 Å². The van der Waals surface area contributed by atoms with Crippen molar-refractivity contribution in [3.63, 3.8) is 0 Å². The highest BCUT2D eigenvalue weighted by Crippen LogP contribution is 2.44. The van der Waals surface area contributed by atoms with Crippen molar-refractivity contribution in [1.82, 2.24) is 0 Å². The normalized spacial score (nSPS) is 11.2. The Kier molecular flexibility index (Phi) is 10.0. The molecule has 0 fully saturated rings. The third-order valence-electron chi connectivity index (χ3n) is 12.2. The largest absolute Gasteiger partial charge is 0.0622 e. The Bertz CT molecular complexity index is 3190. The molecule has 0 saturated carbocycles. The molecule has 0 spiro atoms. The molecule has 0 aliphatic rings. The van der Waals surface area contributed by atoms with Gasteiger partial charge in [-0.2, -0.15) is 0 Å². The zero-order valence-electron chi connectivity index (χ0n) is 34.9. The van der Waals surface area contributed by atoms with Crippen molar-refractivity contribution in [2.24, 2.45) is 0 Å². The van der Waals surface area contributed by atoms with Crippen molar-refractivity contribution >= 4 is 43.1 Å². The van der Waals surface area contributed by atoms with E-state index < -0.39 is 0 Å². The maximum absolute atomic E-state index is 2.34. The molecule has 0 N–H and O–H groups in total. The molecule has 11 aromatic rings. The molecule has 0 aliphatic heterocycles. The van der Waals surface area contributed by atoms with E-state index in [1.807, 2.05) is 18.2 Å². The van der Waals surface area contributed by atoms with Crippen LogP contribution in [0, 0.1) is 20.8 Å². The van der Waals surface area contributed by atoms with Crippen molar-refractivity contribution in [2.75, 3.05) is 0 Å². The second-order valence-corrected chi connectivity index (χ2v) is 16.2. The molecular formula is C61H46. The van der Waals surface area contributed by atoms with Gasteiger partial charge in [0, 0.05) is 0 Å². The topological polar surface area (TPSA) is 0 Å². The van der Waals surface area contributed by atoms with Crippen molar-refractivity contribution in [3.05, 3.63) is 241 Å². The van der Waals surface area contributed by atoms with Gasteiger partial charge in [-0.25, -0.2) is 0 Å². The molecule has 0 nitrogen and oxygen atoms in total. The zero-order chi connectivity index (χ0) is 41.3. The van der Waals surface area contributed by atoms with Gasteiger partial charge in [0.1, 0.15) is 0 Å². The standard InChI is InChI=1S/C54H38.C7H8/c1-35-21-25-37(26-22-35)39-29-31-51(43-13-5-3-11-41(39)43)49-19-9-18-48-47(49)17-10-20-50(48)52-33-34-54(46-16-8-7-15-45(46)52)53-32-30-40(38-27-23-36(2)24-28-38)42-12-4-6-14-44(42)53;1-7-5-3-2-4-6-7/h3-34H,1-2H3;2-6H,1H3. The molecule has 290 valence electrons. The van der Waals surface area contributed by atoms with Gasteiger partial charge in [-0.1, -0.05) is 241 Å². The fraction of sp³-hybridized carbons (Fsp3) is 0.0492. The van der Waals surface area contributed by atoms with Crippen molar-refractivity contribution in [2.45, 2.75) is 20.8 Å². The van der Waals surface area contributed by atoms with Crippen molar-refractivity contribution in [3.8, 4) is 55.6 Å². The molecule has 0 heteroatoms. The van der Waals surface area contributed by atoms with Crippen molar-refractivity contribution < 1.29 is 0 Å². The average molecular weight is 779 g/mol. The summed E-state index contributed by atoms with van der Waals surface area (Å²) in [5.74, 6) is 0. The van der Waals surface area contributed by atoms with Crippen LogP contribution in [-0.4, -0.2) is 0 Å². The molecule has 0 unspecified atom stereocenters. The molecule has 0 aliphatic carbocycles. The first-order chi connectivity index (χ1) is 30.0. The molecule has 61 heavy (non-hydrogen) atoms. The van der Waals surface area contributed by atoms with Gasteiger partial charge < -0.3 is 0 Å². The van der Waals surface area contributed by atoms with E-state index in [4.69, 9.17) is 0 Å². The number of hydrogen-bond donors (Lipinski definition) is 0. The van der Waals surface area contributed by atoms with Crippen LogP contribution in [0.2, 0.25) is 0 Å². The Morgan fingerprint density at radius 2 is 0.393 bits per heavy atom. The molecule has 0 amide bonds. The van der Waals surface area contributed by atoms with Gasteiger partial charge in [-0.05, 0) is 119 Å². The first-order valence-electron chi connectivity index (χ1n) is 21.3. The molecular weight excluding hydrogens is 733 g/mol. The molecule has 0 aromatic heterocycles. The van der Waals surface area contributed by atoms with E-state index in [1.165, 1.54) is 115 Å². The lowest BCUT2D eigenvalue weighted by Crippen LogP contribution is -1.91. The first kappa shape index (κ1) is 37.7. The lowest BCUT2D eigenvalue weighted by molar-refractivity contribution is 1.47. The Morgan fingerprint density at radius 1 is 0.164 bits per heavy atom. The van der Waals surface area contributed by atoms with Gasteiger partial charge in [0.15, 0.2) is 0 Å². The summed E-state index contributed by atoms with van der Waals surface area (Å²) >= 11 is 0. The number of rotatable bonds is 5. The van der Waals surface area contributed by atoms with Crippen LogP contribution in [0.25, 0.3) is 98.7 Å². The Morgan fingerprint density at radius 3 is 0.689 bits per heavy atom. The van der Waals surface area contributed by atoms with Gasteiger partial charge in [-0.15, -0.1) is 0 Å². The van der Waals surface area contributed by atoms with Crippen LogP contribution in [0.4, 0.5) is 0 Å². The van der Waals surface area contributed by atoms with E-state index in [1.54, 1.807) is 0 Å². The van der Waals surface area contributed by atoms with E-state index in [0.29, 0.717) is 0 Å². The quantitative estimate of drug-likeness (QED) is 0.163. The third kappa shape index (κ3) is 7.17. The Hall–Kier alpha value is -7.54. The summed E-state index contributed by atoms with van der Waals surface area (Å²) < 4.78 is 0. The molecule has 0 saturated heterocycles. The highest BCUT2D eigenvalue weighted by atomic mass is 14.2. The van der Waals surface area contributed by atoms with Crippen LogP contribution in [0.1, 0.15) is 16.7 Å². The fourth-order valence-electron chi connectivity index (χ4n) is 9.12. The molecule has 0 radical (unpaired) electrons. The summed E-state index contributed by atoms with van der Waals surface area (Å²) in [7, 11) is 0. The second kappa shape index (κ2) is 16.3. The smallest absolute Gasteiger partial charge is 0.00987 e. The summed E-state index contributed by atoms with van der Waals surface area (Å²) in [6.07, 6.45) is 0. The van der Waals surface area contributed by atoms with Crippen LogP contribution >= 0.6 is 0 Å². The van der Waals surface area contributed by atoms with E-state index in [-0.39, 0.29) is 0 Å². The van der Waals surface area contributed by atoms with Crippen LogP contribution in [0.3, 0.4) is 0 Å². The monoisotopic (exact) mass is 778 g/mol. The summed E-state index contributed by atoms with van der Waals surface area (Å²) in [6.45, 7) is 6.37. The summed E-state index contributed by atoms with van der Waals surface area (Å²) in [4.78, 5) is 0. The highest BCUT2D eigenvalue weighted by Gasteiger charge is 2.17. The molecule has 0 heterocycles. The summed E-state index contributed by atoms with van der Waals surface area (Å²) in [5, 5.41) is 10.1. The van der Waals surface area contributed by atoms with Crippen LogP contribution in [-0.2, 0) is 0 Å². The van der Waals surface area contributed by atoms with Crippen molar-refractivity contribution in [1.29, 1.82) is 0 Å². The first-order valence-corrected chi connectivity index (χ1v) is 21.3. The second-order valence-electron chi connectivity index (χ2n) is 16.2. The average Bonchev–Trinajstić information content (AvgIpc) is 3.31. The number of fused-ring (bicyclic) bond motifs is 4. The highest BCUT2D eigenvalue weighted by molar-refractivity contribution is 6.16. The third-order valence-corrected chi connectivity index (χ3v) is 12.2. The molecule has 0 bridgehead atoms. The zero-order valence-corrected chi connectivity index (χ0v) is 34.9. The lowest BCUT2D eigenvalue weighted by Gasteiger charge is -2.18. The van der Waals surface area contributed by atoms with Gasteiger partial charge in [0.25, 0.3) is 0 Å². The van der Waals surface area contributed by atoms with Crippen LogP contribution in [0.5, 0.6) is 0 Å². The van der Waals surface area contributed by atoms with Gasteiger partial charge in [0.05, 0.1) is 0 Å². The predicted molar refractivity (Wildman–Crippen MR) is 264 cm³/mol. The van der Waals surface area contributed by atoms with Gasteiger partial charge >= 0.3 is 0 Å². The number of hydrogen-bond acceptors (Lipinski definition) is 0. The number of benzene rings is 11.